The minimum absolute atomic E-state index is 0.137. The Morgan fingerprint density at radius 1 is 1.03 bits per heavy atom. The molecule has 1 heterocycles. The van der Waals surface area contributed by atoms with Gasteiger partial charge in [0.05, 0.1) is 11.5 Å². The summed E-state index contributed by atoms with van der Waals surface area (Å²) in [6.45, 7) is 9.74. The molecule has 0 N–H and O–H groups in total. The first-order valence-electron chi connectivity index (χ1n) is 11.0. The summed E-state index contributed by atoms with van der Waals surface area (Å²) in [6.07, 6.45) is 1.73. The number of carbonyl (C=O) groups is 3. The van der Waals surface area contributed by atoms with Crippen molar-refractivity contribution in [2.45, 2.75) is 27.7 Å². The summed E-state index contributed by atoms with van der Waals surface area (Å²) in [4.78, 5) is 45.0. The number of benzene rings is 2. The molecule has 0 aromatic heterocycles. The fourth-order valence-corrected chi connectivity index (χ4v) is 4.57. The molecular formula is C26H28N2O4S. The number of rotatable bonds is 7. The van der Waals surface area contributed by atoms with Crippen LogP contribution in [0.1, 0.15) is 42.3 Å². The van der Waals surface area contributed by atoms with Crippen LogP contribution in [0.5, 0.6) is 0 Å². The van der Waals surface area contributed by atoms with Crippen molar-refractivity contribution in [3.63, 3.8) is 0 Å². The second kappa shape index (κ2) is 11.1. The monoisotopic (exact) mass is 464 g/mol. The Hall–Kier alpha value is -3.19. The van der Waals surface area contributed by atoms with Crippen LogP contribution >= 0.6 is 11.8 Å². The summed E-state index contributed by atoms with van der Waals surface area (Å²) in [5, 5.41) is 0.148. The SMILES string of the molecule is CCOC(=O)C1C(=O)/C(=C/c2ccc(N(CC)CC)cc2)SC1=NC(=O)c1ccc(C)cc1. The Kier molecular flexibility index (Phi) is 8.22. The number of ether oxygens (including phenoxy) is 1. The van der Waals surface area contributed by atoms with E-state index in [0.717, 1.165) is 41.7 Å². The van der Waals surface area contributed by atoms with Crippen molar-refractivity contribution in [2.75, 3.05) is 24.6 Å². The van der Waals surface area contributed by atoms with Crippen molar-refractivity contribution < 1.29 is 19.1 Å². The van der Waals surface area contributed by atoms with E-state index >= 15 is 0 Å². The van der Waals surface area contributed by atoms with Crippen molar-refractivity contribution in [1.29, 1.82) is 0 Å². The Balaban J connectivity index is 1.91. The topological polar surface area (TPSA) is 76.0 Å². The molecule has 0 radical (unpaired) electrons. The molecule has 7 heteroatoms. The van der Waals surface area contributed by atoms with E-state index in [1.807, 2.05) is 43.3 Å². The largest absolute Gasteiger partial charge is 0.465 e. The normalized spacial score (nSPS) is 18.1. The molecule has 6 nitrogen and oxygen atoms in total. The van der Waals surface area contributed by atoms with Crippen molar-refractivity contribution in [1.82, 2.24) is 0 Å². The molecule has 3 rings (SSSR count). The van der Waals surface area contributed by atoms with Crippen LogP contribution in [0, 0.1) is 12.8 Å². The van der Waals surface area contributed by atoms with Gasteiger partial charge < -0.3 is 9.64 Å². The van der Waals surface area contributed by atoms with E-state index in [1.54, 1.807) is 25.1 Å². The number of esters is 1. The Morgan fingerprint density at radius 2 is 1.67 bits per heavy atom. The molecule has 1 atom stereocenters. The average molecular weight is 465 g/mol. The maximum absolute atomic E-state index is 13.1. The fourth-order valence-electron chi connectivity index (χ4n) is 3.48. The third-order valence-corrected chi connectivity index (χ3v) is 6.39. The van der Waals surface area contributed by atoms with Crippen LogP contribution < -0.4 is 4.90 Å². The summed E-state index contributed by atoms with van der Waals surface area (Å²) in [6, 6.07) is 14.9. The number of amides is 1. The lowest BCUT2D eigenvalue weighted by Gasteiger charge is -2.20. The van der Waals surface area contributed by atoms with E-state index in [4.69, 9.17) is 4.74 Å². The van der Waals surface area contributed by atoms with Crippen LogP contribution in [-0.2, 0) is 14.3 Å². The number of carbonyl (C=O) groups excluding carboxylic acids is 3. The van der Waals surface area contributed by atoms with Crippen LogP contribution in [0.15, 0.2) is 58.4 Å². The van der Waals surface area contributed by atoms with E-state index in [0.29, 0.717) is 10.5 Å². The number of thioether (sulfide) groups is 1. The number of aryl methyl sites for hydroxylation is 1. The van der Waals surface area contributed by atoms with Crippen LogP contribution in [-0.4, -0.2) is 42.4 Å². The number of aliphatic imine (C=N–C) groups is 1. The molecule has 2 aromatic carbocycles. The Bertz CT molecular complexity index is 1080. The van der Waals surface area contributed by atoms with E-state index in [2.05, 4.69) is 23.7 Å². The molecule has 2 aromatic rings. The van der Waals surface area contributed by atoms with Gasteiger partial charge in [-0.3, -0.25) is 14.4 Å². The molecule has 1 amide bonds. The molecule has 1 fully saturated rings. The van der Waals surface area contributed by atoms with Crippen LogP contribution in [0.4, 0.5) is 5.69 Å². The van der Waals surface area contributed by atoms with Gasteiger partial charge >= 0.3 is 5.97 Å². The summed E-state index contributed by atoms with van der Waals surface area (Å²) in [5.74, 6) is -2.80. The van der Waals surface area contributed by atoms with Crippen LogP contribution in [0.2, 0.25) is 0 Å². The van der Waals surface area contributed by atoms with Gasteiger partial charge in [0.2, 0.25) is 0 Å². The molecule has 0 spiro atoms. The highest BCUT2D eigenvalue weighted by atomic mass is 32.2. The molecule has 172 valence electrons. The van der Waals surface area contributed by atoms with Gasteiger partial charge in [0, 0.05) is 24.3 Å². The molecule has 1 aliphatic rings. The molecule has 0 bridgehead atoms. The maximum Gasteiger partial charge on any atom is 0.323 e. The van der Waals surface area contributed by atoms with Gasteiger partial charge in [0.15, 0.2) is 11.7 Å². The van der Waals surface area contributed by atoms with Crippen LogP contribution in [0.25, 0.3) is 6.08 Å². The van der Waals surface area contributed by atoms with Crippen molar-refractivity contribution in [3.05, 3.63) is 70.1 Å². The number of ketones is 1. The molecule has 1 aliphatic heterocycles. The first-order chi connectivity index (χ1) is 15.9. The minimum Gasteiger partial charge on any atom is -0.465 e. The van der Waals surface area contributed by atoms with Gasteiger partial charge in [-0.1, -0.05) is 41.6 Å². The minimum atomic E-state index is -1.22. The highest BCUT2D eigenvalue weighted by Crippen LogP contribution is 2.37. The fraction of sp³-hybridized carbons (Fsp3) is 0.308. The smallest absolute Gasteiger partial charge is 0.323 e. The van der Waals surface area contributed by atoms with Gasteiger partial charge in [0.25, 0.3) is 5.91 Å². The van der Waals surface area contributed by atoms with E-state index in [-0.39, 0.29) is 11.7 Å². The summed E-state index contributed by atoms with van der Waals surface area (Å²) >= 11 is 1.05. The van der Waals surface area contributed by atoms with Crippen LogP contribution in [0.3, 0.4) is 0 Å². The van der Waals surface area contributed by atoms with Gasteiger partial charge in [-0.25, -0.2) is 4.99 Å². The number of Topliss-reactive ketones (excluding diaryl/α,β-unsaturated/α-hetero) is 1. The number of anilines is 1. The number of nitrogens with zero attached hydrogens (tertiary/aromatic N) is 2. The van der Waals surface area contributed by atoms with E-state index in [9.17, 15) is 14.4 Å². The second-order valence-corrected chi connectivity index (χ2v) is 8.61. The van der Waals surface area contributed by atoms with Crippen molar-refractivity contribution >= 4 is 46.2 Å². The zero-order valence-corrected chi connectivity index (χ0v) is 20.1. The van der Waals surface area contributed by atoms with E-state index in [1.165, 1.54) is 0 Å². The summed E-state index contributed by atoms with van der Waals surface area (Å²) in [5.41, 5.74) is 3.35. The standard InChI is InChI=1S/C26H28N2O4S/c1-5-28(6-2)20-14-10-18(11-15-20)16-21-23(29)22(26(31)32-7-3)25(33-21)27-24(30)19-12-8-17(4)9-13-19/h8-16,22H,5-7H2,1-4H3/b21-16-,27-25?. The van der Waals surface area contributed by atoms with Crippen molar-refractivity contribution in [2.24, 2.45) is 10.9 Å². The Morgan fingerprint density at radius 3 is 2.24 bits per heavy atom. The lowest BCUT2D eigenvalue weighted by Crippen LogP contribution is -2.27. The quantitative estimate of drug-likeness (QED) is 0.329. The predicted octanol–water partition coefficient (Wildman–Crippen LogP) is 4.92. The van der Waals surface area contributed by atoms with Crippen molar-refractivity contribution in [3.8, 4) is 0 Å². The number of hydrogen-bond acceptors (Lipinski definition) is 6. The molecule has 0 saturated carbocycles. The van der Waals surface area contributed by atoms with Gasteiger partial charge in [0.1, 0.15) is 5.04 Å². The Labute approximate surface area is 198 Å². The third-order valence-electron chi connectivity index (χ3n) is 5.32. The summed E-state index contributed by atoms with van der Waals surface area (Å²) in [7, 11) is 0. The average Bonchev–Trinajstić information content (AvgIpc) is 3.10. The zero-order valence-electron chi connectivity index (χ0n) is 19.3. The molecule has 0 aliphatic carbocycles. The number of hydrogen-bond donors (Lipinski definition) is 0. The highest BCUT2D eigenvalue weighted by Gasteiger charge is 2.43. The maximum atomic E-state index is 13.1. The molecular weight excluding hydrogens is 436 g/mol. The highest BCUT2D eigenvalue weighted by molar-refractivity contribution is 8.19. The molecule has 33 heavy (non-hydrogen) atoms. The second-order valence-electron chi connectivity index (χ2n) is 7.55. The van der Waals surface area contributed by atoms with E-state index < -0.39 is 23.6 Å². The lowest BCUT2D eigenvalue weighted by atomic mass is 10.0. The molecule has 1 unspecified atom stereocenters. The first-order valence-corrected chi connectivity index (χ1v) is 11.8. The number of allylic oxidation sites excluding steroid dienone is 1. The first kappa shape index (κ1) is 24.5. The third kappa shape index (κ3) is 5.79. The van der Waals surface area contributed by atoms with Gasteiger partial charge in [-0.2, -0.15) is 0 Å². The predicted molar refractivity (Wildman–Crippen MR) is 134 cm³/mol. The van der Waals surface area contributed by atoms with Gasteiger partial charge in [-0.15, -0.1) is 0 Å². The summed E-state index contributed by atoms with van der Waals surface area (Å²) < 4.78 is 5.10. The zero-order chi connectivity index (χ0) is 24.0. The van der Waals surface area contributed by atoms with Gasteiger partial charge in [-0.05, 0) is 63.6 Å². The molecule has 1 saturated heterocycles. The lowest BCUT2D eigenvalue weighted by molar-refractivity contribution is -0.147.